The molecular weight excluding hydrogens is 382 g/mol. The molecule has 0 saturated carbocycles. The minimum atomic E-state index is -0.651. The third-order valence-corrected chi connectivity index (χ3v) is 4.67. The molecule has 30 heavy (non-hydrogen) atoms. The topological polar surface area (TPSA) is 97.4 Å². The van der Waals surface area contributed by atoms with Gasteiger partial charge in [0.25, 0.3) is 0 Å². The van der Waals surface area contributed by atoms with Gasteiger partial charge in [-0.1, -0.05) is 44.2 Å². The number of aryl methyl sites for hydroxylation is 1. The number of benzene rings is 2. The molecule has 1 heterocycles. The van der Waals surface area contributed by atoms with Crippen LogP contribution in [0.5, 0.6) is 5.75 Å². The number of ether oxygens (including phenoxy) is 2. The van der Waals surface area contributed by atoms with E-state index in [1.165, 1.54) is 0 Å². The second-order valence-corrected chi connectivity index (χ2v) is 7.06. The van der Waals surface area contributed by atoms with Crippen molar-refractivity contribution >= 4 is 22.6 Å². The second-order valence-electron chi connectivity index (χ2n) is 7.06. The monoisotopic (exact) mass is 405 g/mol. The standard InChI is InChI=1S/C23H23N3O4/c1-15(2)16-8-4-7-11-21(16)29-14-22(28)30-13-20(27)17(12-24)23-25-18-9-5-6-10-19(18)26(23)3/h4-11,15,27H,13-14H2,1-3H3/b20-17-. The van der Waals surface area contributed by atoms with Crippen molar-refractivity contribution in [2.24, 2.45) is 7.05 Å². The lowest BCUT2D eigenvalue weighted by Gasteiger charge is -2.13. The van der Waals surface area contributed by atoms with Crippen molar-refractivity contribution in [3.63, 3.8) is 0 Å². The Morgan fingerprint density at radius 2 is 1.87 bits per heavy atom. The number of carbonyl (C=O) groups is 1. The highest BCUT2D eigenvalue weighted by atomic mass is 16.6. The van der Waals surface area contributed by atoms with Crippen molar-refractivity contribution in [1.82, 2.24) is 9.55 Å². The first kappa shape index (κ1) is 20.9. The van der Waals surface area contributed by atoms with Crippen LogP contribution in [0, 0.1) is 11.3 Å². The quantitative estimate of drug-likeness (QED) is 0.361. The smallest absolute Gasteiger partial charge is 0.344 e. The van der Waals surface area contributed by atoms with E-state index in [-0.39, 0.29) is 23.9 Å². The lowest BCUT2D eigenvalue weighted by atomic mass is 10.0. The molecule has 2 aromatic carbocycles. The van der Waals surface area contributed by atoms with E-state index in [0.717, 1.165) is 11.1 Å². The number of allylic oxidation sites excluding steroid dienone is 1. The van der Waals surface area contributed by atoms with E-state index in [4.69, 9.17) is 9.47 Å². The molecule has 0 amide bonds. The first-order valence-corrected chi connectivity index (χ1v) is 9.53. The molecule has 0 aliphatic heterocycles. The van der Waals surface area contributed by atoms with Crippen molar-refractivity contribution in [1.29, 1.82) is 5.26 Å². The Morgan fingerprint density at radius 3 is 2.57 bits per heavy atom. The fourth-order valence-corrected chi connectivity index (χ4v) is 3.10. The highest BCUT2D eigenvalue weighted by molar-refractivity contribution is 5.84. The summed E-state index contributed by atoms with van der Waals surface area (Å²) in [7, 11) is 1.75. The van der Waals surface area contributed by atoms with Gasteiger partial charge in [-0.2, -0.15) is 5.26 Å². The molecule has 0 bridgehead atoms. The zero-order valence-electron chi connectivity index (χ0n) is 17.1. The molecule has 0 fully saturated rings. The predicted molar refractivity (Wildman–Crippen MR) is 113 cm³/mol. The SMILES string of the molecule is CC(C)c1ccccc1OCC(=O)OC/C(O)=C(\C#N)c1nc2ccccc2n1C. The number of carbonyl (C=O) groups excluding carboxylic acids is 1. The van der Waals surface area contributed by atoms with Crippen molar-refractivity contribution in [3.8, 4) is 11.8 Å². The van der Waals surface area contributed by atoms with Crippen molar-refractivity contribution in [2.45, 2.75) is 19.8 Å². The minimum absolute atomic E-state index is 0.0485. The molecule has 7 nitrogen and oxygen atoms in total. The average molecular weight is 405 g/mol. The lowest BCUT2D eigenvalue weighted by Crippen LogP contribution is -2.17. The van der Waals surface area contributed by atoms with Crippen LogP contribution in [-0.2, 0) is 16.6 Å². The molecule has 3 rings (SSSR count). The van der Waals surface area contributed by atoms with E-state index >= 15 is 0 Å². The maximum atomic E-state index is 12.1. The number of rotatable bonds is 7. The van der Waals surface area contributed by atoms with E-state index in [9.17, 15) is 15.2 Å². The van der Waals surface area contributed by atoms with Gasteiger partial charge >= 0.3 is 5.97 Å². The Morgan fingerprint density at radius 1 is 1.17 bits per heavy atom. The third-order valence-electron chi connectivity index (χ3n) is 4.67. The number of nitriles is 1. The first-order valence-electron chi connectivity index (χ1n) is 9.53. The zero-order valence-corrected chi connectivity index (χ0v) is 17.1. The van der Waals surface area contributed by atoms with E-state index in [1.54, 1.807) is 17.7 Å². The number of esters is 1. The maximum Gasteiger partial charge on any atom is 0.344 e. The van der Waals surface area contributed by atoms with Crippen LogP contribution < -0.4 is 4.74 Å². The van der Waals surface area contributed by atoms with Crippen LogP contribution in [0.15, 0.2) is 54.3 Å². The molecule has 1 N–H and O–H groups in total. The zero-order chi connectivity index (χ0) is 21.7. The molecule has 3 aromatic rings. The minimum Gasteiger partial charge on any atom is -0.507 e. The molecular formula is C23H23N3O4. The van der Waals surface area contributed by atoms with Crippen LogP contribution in [0.2, 0.25) is 0 Å². The fraction of sp³-hybridized carbons (Fsp3) is 0.261. The highest BCUT2D eigenvalue weighted by Crippen LogP contribution is 2.26. The van der Waals surface area contributed by atoms with Crippen molar-refractivity contribution in [3.05, 3.63) is 65.7 Å². The summed E-state index contributed by atoms with van der Waals surface area (Å²) < 4.78 is 12.4. The van der Waals surface area contributed by atoms with Gasteiger partial charge in [-0.05, 0) is 29.7 Å². The summed E-state index contributed by atoms with van der Waals surface area (Å²) in [5.41, 5.74) is 2.46. The molecule has 0 radical (unpaired) electrons. The molecule has 0 atom stereocenters. The number of nitrogens with zero attached hydrogens (tertiary/aromatic N) is 3. The van der Waals surface area contributed by atoms with Crippen LogP contribution >= 0.6 is 0 Å². The molecule has 0 aliphatic carbocycles. The van der Waals surface area contributed by atoms with Gasteiger partial charge in [0.2, 0.25) is 0 Å². The number of fused-ring (bicyclic) bond motifs is 1. The second kappa shape index (κ2) is 9.14. The average Bonchev–Trinajstić information content (AvgIpc) is 3.08. The van der Waals surface area contributed by atoms with Gasteiger partial charge in [-0.3, -0.25) is 0 Å². The normalized spacial score (nSPS) is 11.8. The number of aliphatic hydroxyl groups is 1. The number of para-hydroxylation sites is 3. The Bertz CT molecular complexity index is 1140. The van der Waals surface area contributed by atoms with E-state index in [0.29, 0.717) is 17.1 Å². The van der Waals surface area contributed by atoms with Gasteiger partial charge in [0.15, 0.2) is 18.2 Å². The van der Waals surface area contributed by atoms with Crippen LogP contribution in [0.25, 0.3) is 16.6 Å². The Labute approximate surface area is 174 Å². The fourth-order valence-electron chi connectivity index (χ4n) is 3.10. The number of aromatic nitrogens is 2. The van der Waals surface area contributed by atoms with Crippen LogP contribution in [-0.4, -0.2) is 33.8 Å². The van der Waals surface area contributed by atoms with E-state index in [2.05, 4.69) is 4.98 Å². The van der Waals surface area contributed by atoms with Gasteiger partial charge in [0.1, 0.15) is 24.0 Å². The molecule has 0 saturated heterocycles. The maximum absolute atomic E-state index is 12.1. The molecule has 154 valence electrons. The summed E-state index contributed by atoms with van der Waals surface area (Å²) >= 11 is 0. The van der Waals surface area contributed by atoms with Gasteiger partial charge in [-0.25, -0.2) is 9.78 Å². The number of imidazole rings is 1. The molecule has 1 aromatic heterocycles. The first-order chi connectivity index (χ1) is 14.4. The Hall–Kier alpha value is -3.79. The number of hydrogen-bond donors (Lipinski definition) is 1. The summed E-state index contributed by atoms with van der Waals surface area (Å²) in [6.07, 6.45) is 0. The molecule has 0 unspecified atom stereocenters. The summed E-state index contributed by atoms with van der Waals surface area (Å²) in [6.45, 7) is 3.33. The van der Waals surface area contributed by atoms with E-state index in [1.807, 2.05) is 62.4 Å². The predicted octanol–water partition coefficient (Wildman–Crippen LogP) is 4.11. The van der Waals surface area contributed by atoms with Gasteiger partial charge in [-0.15, -0.1) is 0 Å². The third kappa shape index (κ3) is 4.44. The van der Waals surface area contributed by atoms with Crippen LogP contribution in [0.3, 0.4) is 0 Å². The number of aliphatic hydroxyl groups excluding tert-OH is 1. The summed E-state index contributed by atoms with van der Waals surface area (Å²) in [6, 6.07) is 16.8. The molecule has 0 spiro atoms. The molecule has 0 aliphatic rings. The van der Waals surface area contributed by atoms with Gasteiger partial charge < -0.3 is 19.1 Å². The van der Waals surface area contributed by atoms with Crippen molar-refractivity contribution in [2.75, 3.05) is 13.2 Å². The van der Waals surface area contributed by atoms with Gasteiger partial charge in [0, 0.05) is 7.05 Å². The molecule has 7 heteroatoms. The van der Waals surface area contributed by atoms with Crippen molar-refractivity contribution < 1.29 is 19.4 Å². The van der Waals surface area contributed by atoms with Crippen LogP contribution in [0.4, 0.5) is 0 Å². The van der Waals surface area contributed by atoms with E-state index < -0.39 is 12.6 Å². The largest absolute Gasteiger partial charge is 0.507 e. The lowest BCUT2D eigenvalue weighted by molar-refractivity contribution is -0.145. The highest BCUT2D eigenvalue weighted by Gasteiger charge is 2.18. The Balaban J connectivity index is 1.68. The summed E-state index contributed by atoms with van der Waals surface area (Å²) in [5, 5.41) is 19.9. The van der Waals surface area contributed by atoms with Crippen LogP contribution in [0.1, 0.15) is 31.2 Å². The summed E-state index contributed by atoms with van der Waals surface area (Å²) in [5.74, 6) is 0.140. The Kier molecular flexibility index (Phi) is 6.38. The van der Waals surface area contributed by atoms with Gasteiger partial charge in [0.05, 0.1) is 11.0 Å². The number of hydrogen-bond acceptors (Lipinski definition) is 6. The summed E-state index contributed by atoms with van der Waals surface area (Å²) in [4.78, 5) is 16.5.